The number of nitrogens with zero attached hydrogens (tertiary/aromatic N) is 4. The Balaban J connectivity index is 1.74. The molecule has 0 aliphatic carbocycles. The summed E-state index contributed by atoms with van der Waals surface area (Å²) in [6.45, 7) is 2.00. The molecule has 3 aromatic heterocycles. The molecule has 0 saturated carbocycles. The summed E-state index contributed by atoms with van der Waals surface area (Å²) in [5.74, 6) is -0.851. The average molecular weight is 389 g/mol. The van der Waals surface area contributed by atoms with E-state index >= 15 is 0 Å². The van der Waals surface area contributed by atoms with Gasteiger partial charge in [0.25, 0.3) is 5.82 Å². The summed E-state index contributed by atoms with van der Waals surface area (Å²) in [5, 5.41) is 16.0. The molecule has 4 aromatic rings. The molecule has 0 aliphatic rings. The van der Waals surface area contributed by atoms with E-state index < -0.39 is 12.0 Å². The average Bonchev–Trinajstić information content (AvgIpc) is 3.29. The lowest BCUT2D eigenvalue weighted by Gasteiger charge is -2.19. The number of benzene rings is 1. The summed E-state index contributed by atoms with van der Waals surface area (Å²) in [4.78, 5) is 1.03. The number of hydrogen-bond acceptors (Lipinski definition) is 5. The topological polar surface area (TPSA) is 55.1 Å². The molecule has 1 atom stereocenters. The number of aryl methyl sites for hydroxylation is 1. The van der Waals surface area contributed by atoms with Crippen LogP contribution in [0.4, 0.5) is 19.0 Å². The first-order valence-corrected chi connectivity index (χ1v) is 8.96. The van der Waals surface area contributed by atoms with Crippen molar-refractivity contribution in [2.75, 3.05) is 5.32 Å². The molecule has 5 nitrogen and oxygen atoms in total. The van der Waals surface area contributed by atoms with Crippen molar-refractivity contribution in [3.8, 4) is 0 Å². The Morgan fingerprint density at radius 3 is 2.48 bits per heavy atom. The van der Waals surface area contributed by atoms with Crippen LogP contribution in [0.1, 0.15) is 27.9 Å². The first-order valence-electron chi connectivity index (χ1n) is 8.08. The van der Waals surface area contributed by atoms with Gasteiger partial charge >= 0.3 is 6.18 Å². The molecule has 0 radical (unpaired) electrons. The fraction of sp³-hybridized carbons (Fsp3) is 0.167. The summed E-state index contributed by atoms with van der Waals surface area (Å²) in [7, 11) is 0. The second-order valence-electron chi connectivity index (χ2n) is 6.01. The minimum Gasteiger partial charge on any atom is -0.357 e. The van der Waals surface area contributed by atoms with E-state index in [0.717, 1.165) is 16.0 Å². The second-order valence-corrected chi connectivity index (χ2v) is 6.99. The third-order valence-electron chi connectivity index (χ3n) is 4.05. The maximum absolute atomic E-state index is 13.1. The fourth-order valence-electron chi connectivity index (χ4n) is 2.72. The zero-order valence-electron chi connectivity index (χ0n) is 14.1. The van der Waals surface area contributed by atoms with E-state index in [1.54, 1.807) is 17.4 Å². The molecule has 0 saturated heterocycles. The monoisotopic (exact) mass is 389 g/mol. The summed E-state index contributed by atoms with van der Waals surface area (Å²) in [5.41, 5.74) is 2.16. The van der Waals surface area contributed by atoms with E-state index in [-0.39, 0.29) is 11.7 Å². The second kappa shape index (κ2) is 6.66. The predicted molar refractivity (Wildman–Crippen MR) is 96.7 cm³/mol. The van der Waals surface area contributed by atoms with Gasteiger partial charge in [0.1, 0.15) is 5.82 Å². The van der Waals surface area contributed by atoms with E-state index in [4.69, 9.17) is 0 Å². The van der Waals surface area contributed by atoms with Crippen LogP contribution in [0.5, 0.6) is 0 Å². The van der Waals surface area contributed by atoms with Crippen LogP contribution in [0.3, 0.4) is 0 Å². The van der Waals surface area contributed by atoms with Crippen LogP contribution in [-0.4, -0.2) is 19.8 Å². The Hall–Kier alpha value is -2.94. The summed E-state index contributed by atoms with van der Waals surface area (Å²) < 4.78 is 40.0. The molecule has 1 N–H and O–H groups in total. The summed E-state index contributed by atoms with van der Waals surface area (Å²) in [6.07, 6.45) is -4.63. The lowest BCUT2D eigenvalue weighted by molar-refractivity contribution is -0.146. The van der Waals surface area contributed by atoms with E-state index in [1.807, 2.05) is 48.7 Å². The first kappa shape index (κ1) is 17.5. The Kier molecular flexibility index (Phi) is 4.31. The van der Waals surface area contributed by atoms with Crippen LogP contribution in [0.25, 0.3) is 5.65 Å². The number of anilines is 1. The Labute approximate surface area is 156 Å². The SMILES string of the molecule is Cc1ccc([C@H](Nc2ccc3nnc(C(F)(F)F)n3n2)c2cccs2)cc1. The van der Waals surface area contributed by atoms with Gasteiger partial charge in [-0.2, -0.15) is 17.7 Å². The highest BCUT2D eigenvalue weighted by Gasteiger charge is 2.37. The Morgan fingerprint density at radius 1 is 1.04 bits per heavy atom. The molecule has 0 spiro atoms. The lowest BCUT2D eigenvalue weighted by atomic mass is 10.0. The third kappa shape index (κ3) is 3.50. The van der Waals surface area contributed by atoms with Crippen LogP contribution in [-0.2, 0) is 6.18 Å². The summed E-state index contributed by atoms with van der Waals surface area (Å²) >= 11 is 1.56. The van der Waals surface area contributed by atoms with Gasteiger partial charge in [-0.3, -0.25) is 0 Å². The predicted octanol–water partition coefficient (Wildman–Crippen LogP) is 4.71. The zero-order chi connectivity index (χ0) is 19.0. The number of hydrogen-bond donors (Lipinski definition) is 1. The van der Waals surface area contributed by atoms with Crippen molar-refractivity contribution in [3.63, 3.8) is 0 Å². The molecule has 4 rings (SSSR count). The van der Waals surface area contributed by atoms with Gasteiger partial charge in [0.05, 0.1) is 6.04 Å². The quantitative estimate of drug-likeness (QED) is 0.549. The molecule has 9 heteroatoms. The third-order valence-corrected chi connectivity index (χ3v) is 4.98. The van der Waals surface area contributed by atoms with Gasteiger partial charge in [0.15, 0.2) is 5.65 Å². The molecule has 1 aromatic carbocycles. The molecule has 0 aliphatic heterocycles. The minimum absolute atomic E-state index is 0.0379. The van der Waals surface area contributed by atoms with Gasteiger partial charge in [-0.15, -0.1) is 26.6 Å². The normalized spacial score (nSPS) is 13.0. The van der Waals surface area contributed by atoms with Gasteiger partial charge in [-0.05, 0) is 36.1 Å². The van der Waals surface area contributed by atoms with Gasteiger partial charge in [0, 0.05) is 4.88 Å². The van der Waals surface area contributed by atoms with Crippen LogP contribution < -0.4 is 5.32 Å². The smallest absolute Gasteiger partial charge is 0.357 e. The number of halogens is 3. The maximum atomic E-state index is 13.1. The molecule has 0 unspecified atom stereocenters. The largest absolute Gasteiger partial charge is 0.453 e. The number of alkyl halides is 3. The zero-order valence-corrected chi connectivity index (χ0v) is 14.9. The van der Waals surface area contributed by atoms with E-state index in [2.05, 4.69) is 20.6 Å². The van der Waals surface area contributed by atoms with Crippen molar-refractivity contribution >= 4 is 22.8 Å². The number of aromatic nitrogens is 4. The van der Waals surface area contributed by atoms with Gasteiger partial charge < -0.3 is 5.32 Å². The van der Waals surface area contributed by atoms with Crippen molar-refractivity contribution in [1.29, 1.82) is 0 Å². The molecular weight excluding hydrogens is 375 g/mol. The van der Waals surface area contributed by atoms with Gasteiger partial charge in [-0.25, -0.2) is 0 Å². The molecule has 0 amide bonds. The molecular formula is C18H14F3N5S. The maximum Gasteiger partial charge on any atom is 0.453 e. The van der Waals surface area contributed by atoms with Crippen molar-refractivity contribution in [2.45, 2.75) is 19.1 Å². The first-order chi connectivity index (χ1) is 12.9. The highest BCUT2D eigenvalue weighted by molar-refractivity contribution is 7.10. The Bertz CT molecular complexity index is 1050. The van der Waals surface area contributed by atoms with Crippen LogP contribution in [0.15, 0.2) is 53.9 Å². The molecule has 138 valence electrons. The van der Waals surface area contributed by atoms with Crippen LogP contribution in [0.2, 0.25) is 0 Å². The van der Waals surface area contributed by atoms with Crippen molar-refractivity contribution in [2.24, 2.45) is 0 Å². The van der Waals surface area contributed by atoms with E-state index in [0.29, 0.717) is 10.3 Å². The number of thiophene rings is 1. The molecule has 27 heavy (non-hydrogen) atoms. The lowest BCUT2D eigenvalue weighted by Crippen LogP contribution is -2.16. The number of fused-ring (bicyclic) bond motifs is 1. The highest BCUT2D eigenvalue weighted by atomic mass is 32.1. The molecule has 0 fully saturated rings. The van der Waals surface area contributed by atoms with Crippen molar-refractivity contribution in [3.05, 3.63) is 75.7 Å². The van der Waals surface area contributed by atoms with E-state index in [9.17, 15) is 13.2 Å². The van der Waals surface area contributed by atoms with Gasteiger partial charge in [-0.1, -0.05) is 35.9 Å². The number of rotatable bonds is 4. The highest BCUT2D eigenvalue weighted by Crippen LogP contribution is 2.31. The molecule has 0 bridgehead atoms. The van der Waals surface area contributed by atoms with Crippen LogP contribution in [0, 0.1) is 6.92 Å². The van der Waals surface area contributed by atoms with Crippen molar-refractivity contribution in [1.82, 2.24) is 19.8 Å². The van der Waals surface area contributed by atoms with E-state index in [1.165, 1.54) is 6.07 Å². The van der Waals surface area contributed by atoms with Crippen molar-refractivity contribution < 1.29 is 13.2 Å². The summed E-state index contributed by atoms with van der Waals surface area (Å²) in [6, 6.07) is 14.7. The fourth-order valence-corrected chi connectivity index (χ4v) is 3.53. The van der Waals surface area contributed by atoms with Gasteiger partial charge in [0.2, 0.25) is 0 Å². The van der Waals surface area contributed by atoms with Crippen LogP contribution >= 0.6 is 11.3 Å². The molecule has 3 heterocycles. The Morgan fingerprint density at radius 2 is 1.81 bits per heavy atom. The minimum atomic E-state index is -4.63. The number of nitrogens with one attached hydrogen (secondary N) is 1. The standard InChI is InChI=1S/C18H14F3N5S/c1-11-4-6-12(7-5-11)16(13-3-2-10-27-13)22-14-8-9-15-23-24-17(18(19,20)21)26(15)25-14/h2-10,16H,1H3,(H,22,25)/t16-/m0/s1.